The van der Waals surface area contributed by atoms with Crippen molar-refractivity contribution in [2.75, 3.05) is 0 Å². The lowest BCUT2D eigenvalue weighted by Gasteiger charge is -2.36. The fraction of sp³-hybridized carbons (Fsp3) is 0.367. The van der Waals surface area contributed by atoms with Crippen LogP contribution in [0.15, 0.2) is 71.8 Å². The molecule has 2 aromatic rings. The fourth-order valence-electron chi connectivity index (χ4n) is 4.72. The number of Topliss-reactive ketones (excluding diaryl/α,β-unsaturated/α-hetero) is 1. The van der Waals surface area contributed by atoms with Crippen LogP contribution in [0.5, 0.6) is 0 Å². The van der Waals surface area contributed by atoms with Crippen LogP contribution in [0, 0.1) is 10.8 Å². The maximum Gasteiger partial charge on any atom is 0.190 e. The minimum absolute atomic E-state index is 0.124. The van der Waals surface area contributed by atoms with Crippen molar-refractivity contribution < 1.29 is 9.90 Å². The van der Waals surface area contributed by atoms with E-state index < -0.39 is 6.10 Å². The van der Waals surface area contributed by atoms with E-state index in [1.54, 1.807) is 0 Å². The molecule has 2 heteroatoms. The molecule has 0 aliphatic heterocycles. The number of benzene rings is 2. The van der Waals surface area contributed by atoms with E-state index in [1.807, 2.05) is 42.5 Å². The van der Waals surface area contributed by atoms with Crippen molar-refractivity contribution in [1.29, 1.82) is 0 Å². The zero-order chi connectivity index (χ0) is 23.3. The molecule has 2 aromatic carbocycles. The molecule has 1 atom stereocenters. The van der Waals surface area contributed by atoms with Crippen LogP contribution in [-0.4, -0.2) is 10.9 Å². The standard InChI is InChI=1S/C30H34O2/c1-7-29(3,4)25-17-23(19-13-9-11-15-21(19)27(25)31)24-18-26(30(5,6)8-2)28(32)22-16-12-10-14-20(22)24/h9-18,27,31H,7-8H2,1-6H3/b24-23+. The third-order valence-corrected chi connectivity index (χ3v) is 7.70. The van der Waals surface area contributed by atoms with Gasteiger partial charge in [0.2, 0.25) is 0 Å². The highest BCUT2D eigenvalue weighted by Gasteiger charge is 2.36. The molecule has 0 heterocycles. The van der Waals surface area contributed by atoms with Crippen LogP contribution >= 0.6 is 0 Å². The number of allylic oxidation sites excluding steroid dienone is 5. The minimum Gasteiger partial charge on any atom is -0.384 e. The second kappa shape index (κ2) is 8.01. The summed E-state index contributed by atoms with van der Waals surface area (Å²) in [6, 6.07) is 16.1. The average Bonchev–Trinajstić information content (AvgIpc) is 2.80. The summed E-state index contributed by atoms with van der Waals surface area (Å²) >= 11 is 0. The summed E-state index contributed by atoms with van der Waals surface area (Å²) in [6.45, 7) is 13.0. The number of carbonyl (C=O) groups excluding carboxylic acids is 1. The van der Waals surface area contributed by atoms with E-state index in [-0.39, 0.29) is 16.6 Å². The molecule has 0 bridgehead atoms. The van der Waals surface area contributed by atoms with Crippen molar-refractivity contribution in [1.82, 2.24) is 0 Å². The first kappa shape index (κ1) is 22.5. The minimum atomic E-state index is -0.624. The highest BCUT2D eigenvalue weighted by atomic mass is 16.3. The van der Waals surface area contributed by atoms with Gasteiger partial charge in [-0.05, 0) is 63.2 Å². The molecule has 0 saturated carbocycles. The molecule has 0 aromatic heterocycles. The number of fused-ring (bicyclic) bond motifs is 2. The van der Waals surface area contributed by atoms with Gasteiger partial charge in [0.25, 0.3) is 0 Å². The Morgan fingerprint density at radius 2 is 1.28 bits per heavy atom. The summed E-state index contributed by atoms with van der Waals surface area (Å²) in [5, 5.41) is 11.3. The second-order valence-electron chi connectivity index (χ2n) is 10.3. The zero-order valence-corrected chi connectivity index (χ0v) is 20.1. The number of aliphatic hydroxyl groups is 1. The molecule has 1 N–H and O–H groups in total. The van der Waals surface area contributed by atoms with Crippen molar-refractivity contribution in [2.24, 2.45) is 10.8 Å². The molecule has 4 rings (SSSR count). The van der Waals surface area contributed by atoms with E-state index in [1.165, 1.54) is 0 Å². The molecule has 0 amide bonds. The predicted molar refractivity (Wildman–Crippen MR) is 133 cm³/mol. The van der Waals surface area contributed by atoms with Gasteiger partial charge >= 0.3 is 0 Å². The number of hydrogen-bond acceptors (Lipinski definition) is 2. The predicted octanol–water partition coefficient (Wildman–Crippen LogP) is 7.57. The Bertz CT molecular complexity index is 1170. The molecule has 32 heavy (non-hydrogen) atoms. The molecule has 0 radical (unpaired) electrons. The van der Waals surface area contributed by atoms with E-state index in [4.69, 9.17) is 0 Å². The van der Waals surface area contributed by atoms with Crippen LogP contribution in [0.3, 0.4) is 0 Å². The molecule has 2 nitrogen and oxygen atoms in total. The van der Waals surface area contributed by atoms with Gasteiger partial charge in [-0.1, -0.05) is 96.1 Å². The Hall–Kier alpha value is -2.71. The largest absolute Gasteiger partial charge is 0.384 e. The van der Waals surface area contributed by atoms with Gasteiger partial charge in [0.15, 0.2) is 5.78 Å². The number of hydrogen-bond donors (Lipinski definition) is 1. The normalized spacial score (nSPS) is 21.0. The summed E-state index contributed by atoms with van der Waals surface area (Å²) < 4.78 is 0. The maximum atomic E-state index is 13.5. The number of aliphatic hydroxyl groups excluding tert-OH is 1. The zero-order valence-electron chi connectivity index (χ0n) is 20.1. The summed E-state index contributed by atoms with van der Waals surface area (Å²) in [5.74, 6) is 0.124. The third-order valence-electron chi connectivity index (χ3n) is 7.70. The van der Waals surface area contributed by atoms with Crippen molar-refractivity contribution in [3.05, 3.63) is 94.1 Å². The van der Waals surface area contributed by atoms with Gasteiger partial charge in [-0.2, -0.15) is 0 Å². The monoisotopic (exact) mass is 426 g/mol. The molecule has 1 unspecified atom stereocenters. The van der Waals surface area contributed by atoms with Crippen LogP contribution in [-0.2, 0) is 0 Å². The Morgan fingerprint density at radius 3 is 1.91 bits per heavy atom. The molecule has 0 saturated heterocycles. The topological polar surface area (TPSA) is 37.3 Å². The van der Waals surface area contributed by atoms with Crippen LogP contribution in [0.25, 0.3) is 11.1 Å². The number of ketones is 1. The summed E-state index contributed by atoms with van der Waals surface area (Å²) in [7, 11) is 0. The van der Waals surface area contributed by atoms with Crippen molar-refractivity contribution in [3.63, 3.8) is 0 Å². The van der Waals surface area contributed by atoms with Crippen molar-refractivity contribution in [2.45, 2.75) is 60.5 Å². The first-order chi connectivity index (χ1) is 15.1. The van der Waals surface area contributed by atoms with E-state index in [9.17, 15) is 9.90 Å². The van der Waals surface area contributed by atoms with Gasteiger partial charge in [0.1, 0.15) is 6.10 Å². The lowest BCUT2D eigenvalue weighted by Crippen LogP contribution is -2.25. The van der Waals surface area contributed by atoms with Gasteiger partial charge in [0.05, 0.1) is 0 Å². The molecule has 166 valence electrons. The quantitative estimate of drug-likeness (QED) is 0.547. The fourth-order valence-corrected chi connectivity index (χ4v) is 4.72. The van der Waals surface area contributed by atoms with Crippen molar-refractivity contribution >= 4 is 16.9 Å². The molecule has 0 fully saturated rings. The Labute approximate surface area is 192 Å². The van der Waals surface area contributed by atoms with Crippen LogP contribution in [0.1, 0.15) is 87.5 Å². The van der Waals surface area contributed by atoms with Crippen LogP contribution < -0.4 is 0 Å². The Morgan fingerprint density at radius 1 is 0.750 bits per heavy atom. The SMILES string of the molecule is CCC(C)(C)C1=C/C(=C2/C=C(C(C)(C)CC)C(O)c3ccccc32)c2ccccc2C1=O. The Kier molecular flexibility index (Phi) is 5.63. The van der Waals surface area contributed by atoms with Crippen LogP contribution in [0.2, 0.25) is 0 Å². The average molecular weight is 427 g/mol. The lowest BCUT2D eigenvalue weighted by atomic mass is 9.69. The highest BCUT2D eigenvalue weighted by molar-refractivity contribution is 6.20. The lowest BCUT2D eigenvalue weighted by molar-refractivity contribution is 0.100. The highest BCUT2D eigenvalue weighted by Crippen LogP contribution is 2.49. The maximum absolute atomic E-state index is 13.5. The molecule has 2 aliphatic rings. The van der Waals surface area contributed by atoms with Gasteiger partial charge in [0, 0.05) is 11.1 Å². The van der Waals surface area contributed by atoms with E-state index in [0.29, 0.717) is 0 Å². The summed E-state index contributed by atoms with van der Waals surface area (Å²) in [6.07, 6.45) is 5.49. The Balaban J connectivity index is 2.11. The van der Waals surface area contributed by atoms with Crippen LogP contribution in [0.4, 0.5) is 0 Å². The second-order valence-corrected chi connectivity index (χ2v) is 10.3. The van der Waals surface area contributed by atoms with E-state index in [2.05, 4.69) is 59.8 Å². The first-order valence-electron chi connectivity index (χ1n) is 11.7. The third kappa shape index (κ3) is 3.51. The summed E-state index contributed by atoms with van der Waals surface area (Å²) in [5.41, 5.74) is 7.40. The number of rotatable bonds is 4. The molecular weight excluding hydrogens is 392 g/mol. The van der Waals surface area contributed by atoms with E-state index >= 15 is 0 Å². The van der Waals surface area contributed by atoms with Crippen molar-refractivity contribution in [3.8, 4) is 0 Å². The summed E-state index contributed by atoms with van der Waals surface area (Å²) in [4.78, 5) is 13.5. The van der Waals surface area contributed by atoms with Gasteiger partial charge in [-0.15, -0.1) is 0 Å². The number of carbonyl (C=O) groups is 1. The van der Waals surface area contributed by atoms with Gasteiger partial charge < -0.3 is 5.11 Å². The molecular formula is C30H34O2. The first-order valence-corrected chi connectivity index (χ1v) is 11.7. The van der Waals surface area contributed by atoms with Gasteiger partial charge in [-0.25, -0.2) is 0 Å². The molecule has 2 aliphatic carbocycles. The molecule has 0 spiro atoms. The van der Waals surface area contributed by atoms with Gasteiger partial charge in [-0.3, -0.25) is 4.79 Å². The smallest absolute Gasteiger partial charge is 0.190 e. The van der Waals surface area contributed by atoms with E-state index in [0.717, 1.165) is 57.4 Å².